The zero-order chi connectivity index (χ0) is 25.3. The molecule has 0 aliphatic carbocycles. The molecule has 10 heteroatoms. The Morgan fingerprint density at radius 2 is 1.00 bits per heavy atom. The van der Waals surface area contributed by atoms with Crippen LogP contribution in [0, 0.1) is 34.9 Å². The van der Waals surface area contributed by atoms with Gasteiger partial charge in [0.1, 0.15) is 39.9 Å². The van der Waals surface area contributed by atoms with E-state index in [9.17, 15) is 30.7 Å². The number of aryl methyl sites for hydroxylation is 1. The van der Waals surface area contributed by atoms with Crippen LogP contribution in [-0.2, 0) is 6.42 Å². The molecule has 0 N–H and O–H groups in total. The molecule has 0 spiro atoms. The largest absolute Gasteiger partial charge is 0.251 e. The smallest absolute Gasteiger partial charge is 0.159 e. The molecule has 4 rings (SSSR count). The summed E-state index contributed by atoms with van der Waals surface area (Å²) in [5.74, 6) is -7.32. The maximum Gasteiger partial charge on any atom is 0.159 e. The van der Waals surface area contributed by atoms with Crippen LogP contribution in [0.3, 0.4) is 0 Å². The Bertz CT molecular complexity index is 1340. The monoisotopic (exact) mass is 510 g/mol. The van der Waals surface area contributed by atoms with E-state index in [1.807, 2.05) is 0 Å². The lowest BCUT2D eigenvalue weighted by molar-refractivity contribution is 0.472. The van der Waals surface area contributed by atoms with Gasteiger partial charge in [-0.05, 0) is 65.9 Å². The van der Waals surface area contributed by atoms with Crippen molar-refractivity contribution in [2.75, 3.05) is 6.67 Å². The van der Waals surface area contributed by atoms with Crippen molar-refractivity contribution in [3.05, 3.63) is 94.3 Å². The second kappa shape index (κ2) is 10.0. The molecular formula is C25H14ClF7N2. The van der Waals surface area contributed by atoms with Gasteiger partial charge >= 0.3 is 0 Å². The van der Waals surface area contributed by atoms with Crippen LogP contribution in [0.5, 0.6) is 0 Å². The fourth-order valence-corrected chi connectivity index (χ4v) is 3.68. The molecule has 0 atom stereocenters. The zero-order valence-electron chi connectivity index (χ0n) is 17.7. The van der Waals surface area contributed by atoms with Crippen molar-refractivity contribution in [1.29, 1.82) is 0 Å². The quantitative estimate of drug-likeness (QED) is 0.195. The highest BCUT2D eigenvalue weighted by molar-refractivity contribution is 6.31. The molecule has 2 nitrogen and oxygen atoms in total. The van der Waals surface area contributed by atoms with Crippen LogP contribution in [0.15, 0.2) is 48.8 Å². The molecule has 0 aliphatic rings. The highest BCUT2D eigenvalue weighted by Gasteiger charge is 2.21. The molecule has 0 amide bonds. The van der Waals surface area contributed by atoms with Gasteiger partial charge in [0.05, 0.1) is 17.8 Å². The summed E-state index contributed by atoms with van der Waals surface area (Å²) < 4.78 is 99.1. The van der Waals surface area contributed by atoms with Crippen molar-refractivity contribution in [2.24, 2.45) is 0 Å². The minimum Gasteiger partial charge on any atom is -0.251 e. The van der Waals surface area contributed by atoms with Gasteiger partial charge < -0.3 is 0 Å². The molecule has 1 heterocycles. The molecule has 35 heavy (non-hydrogen) atoms. The first-order valence-electron chi connectivity index (χ1n) is 10.2. The second-order valence-electron chi connectivity index (χ2n) is 7.59. The Balaban J connectivity index is 1.72. The molecular weight excluding hydrogens is 497 g/mol. The normalized spacial score (nSPS) is 11.2. The summed E-state index contributed by atoms with van der Waals surface area (Å²) in [6.07, 6.45) is 3.51. The summed E-state index contributed by atoms with van der Waals surface area (Å²) >= 11 is 5.40. The van der Waals surface area contributed by atoms with Crippen molar-refractivity contribution in [3.63, 3.8) is 0 Å². The maximum absolute atomic E-state index is 14.9. The van der Waals surface area contributed by atoms with Gasteiger partial charge in [0.15, 0.2) is 5.82 Å². The molecule has 0 unspecified atom stereocenters. The van der Waals surface area contributed by atoms with Gasteiger partial charge in [-0.1, -0.05) is 11.6 Å². The third kappa shape index (κ3) is 5.00. The number of rotatable bonds is 6. The van der Waals surface area contributed by atoms with E-state index < -0.39 is 68.9 Å². The predicted octanol–water partition coefficient (Wildman–Crippen LogP) is 7.87. The van der Waals surface area contributed by atoms with Crippen LogP contribution in [0.1, 0.15) is 12.0 Å². The Labute approximate surface area is 200 Å². The lowest BCUT2D eigenvalue weighted by Gasteiger charge is -2.12. The van der Waals surface area contributed by atoms with Gasteiger partial charge in [0.25, 0.3) is 0 Å². The van der Waals surface area contributed by atoms with Gasteiger partial charge in [0.2, 0.25) is 0 Å². The average molecular weight is 511 g/mol. The SMILES string of the molecule is FCCCc1cnc(-c2cc(F)c(-c3cc(F)c(-c4cc(F)c(Cl)c(F)c4)c(F)c3)c(F)c2)nc1. The Morgan fingerprint density at radius 3 is 1.43 bits per heavy atom. The summed E-state index contributed by atoms with van der Waals surface area (Å²) in [7, 11) is 0. The molecule has 4 aromatic rings. The lowest BCUT2D eigenvalue weighted by atomic mass is 9.97. The Morgan fingerprint density at radius 1 is 0.600 bits per heavy atom. The Hall–Kier alpha value is -3.46. The van der Waals surface area contributed by atoms with Crippen LogP contribution >= 0.6 is 11.6 Å². The van der Waals surface area contributed by atoms with Crippen LogP contribution in [0.2, 0.25) is 5.02 Å². The number of aromatic nitrogens is 2. The molecule has 3 aromatic carbocycles. The van der Waals surface area contributed by atoms with Crippen LogP contribution < -0.4 is 0 Å². The lowest BCUT2D eigenvalue weighted by Crippen LogP contribution is -1.99. The number of hydrogen-bond acceptors (Lipinski definition) is 2. The molecule has 0 bridgehead atoms. The van der Waals surface area contributed by atoms with Crippen LogP contribution in [0.25, 0.3) is 33.6 Å². The van der Waals surface area contributed by atoms with Crippen LogP contribution in [0.4, 0.5) is 30.7 Å². The fourth-order valence-electron chi connectivity index (χ4n) is 3.57. The average Bonchev–Trinajstić information content (AvgIpc) is 2.80. The molecule has 0 saturated carbocycles. The van der Waals surface area contributed by atoms with Crippen molar-refractivity contribution in [1.82, 2.24) is 9.97 Å². The number of halogens is 8. The van der Waals surface area contributed by atoms with Gasteiger partial charge in [0, 0.05) is 18.0 Å². The van der Waals surface area contributed by atoms with Crippen molar-refractivity contribution in [2.45, 2.75) is 12.8 Å². The van der Waals surface area contributed by atoms with Crippen molar-refractivity contribution >= 4 is 11.6 Å². The third-order valence-corrected chi connectivity index (χ3v) is 5.57. The first-order chi connectivity index (χ1) is 16.7. The number of hydrogen-bond donors (Lipinski definition) is 0. The maximum atomic E-state index is 14.9. The van der Waals surface area contributed by atoms with Gasteiger partial charge in [-0.15, -0.1) is 0 Å². The summed E-state index contributed by atoms with van der Waals surface area (Å²) in [5, 5.41) is -0.839. The number of alkyl halides is 1. The van der Waals surface area contributed by atoms with Gasteiger partial charge in [-0.3, -0.25) is 4.39 Å². The summed E-state index contributed by atoms with van der Waals surface area (Å²) in [4.78, 5) is 8.05. The van der Waals surface area contributed by atoms with E-state index in [0.29, 0.717) is 36.2 Å². The Kier molecular flexibility index (Phi) is 7.07. The van der Waals surface area contributed by atoms with Gasteiger partial charge in [-0.2, -0.15) is 0 Å². The number of benzene rings is 3. The second-order valence-corrected chi connectivity index (χ2v) is 7.97. The van der Waals surface area contributed by atoms with Crippen LogP contribution in [-0.4, -0.2) is 16.6 Å². The first kappa shape index (κ1) is 24.7. The van der Waals surface area contributed by atoms with E-state index in [4.69, 9.17) is 11.6 Å². The van der Waals surface area contributed by atoms with Crippen molar-refractivity contribution < 1.29 is 30.7 Å². The molecule has 180 valence electrons. The first-order valence-corrected chi connectivity index (χ1v) is 10.6. The molecule has 1 aromatic heterocycles. The topological polar surface area (TPSA) is 25.8 Å². The summed E-state index contributed by atoms with van der Waals surface area (Å²) in [5.41, 5.74) is -1.83. The van der Waals surface area contributed by atoms with Gasteiger partial charge in [-0.25, -0.2) is 36.3 Å². The van der Waals surface area contributed by atoms with E-state index in [-0.39, 0.29) is 17.8 Å². The highest BCUT2D eigenvalue weighted by atomic mass is 35.5. The molecule has 0 fully saturated rings. The predicted molar refractivity (Wildman–Crippen MR) is 117 cm³/mol. The zero-order valence-corrected chi connectivity index (χ0v) is 18.4. The van der Waals surface area contributed by atoms with E-state index in [1.165, 1.54) is 12.4 Å². The van der Waals surface area contributed by atoms with E-state index in [0.717, 1.165) is 12.1 Å². The van der Waals surface area contributed by atoms with E-state index in [2.05, 4.69) is 9.97 Å². The minimum atomic E-state index is -1.30. The van der Waals surface area contributed by atoms with E-state index >= 15 is 0 Å². The standard InChI is InChI=1S/C25H14ClF7N2/c26-24-20(32)6-14(7-21(24)33)23-16(28)4-13(5-17(23)29)22-18(30)8-15(9-19(22)31)25-34-10-12(11-35-25)2-1-3-27/h4-11H,1-3H2. The molecule has 0 saturated heterocycles. The van der Waals surface area contributed by atoms with Crippen molar-refractivity contribution in [3.8, 4) is 33.6 Å². The minimum absolute atomic E-state index is 0.00199. The molecule has 0 aliphatic heterocycles. The third-order valence-electron chi connectivity index (χ3n) is 5.21. The summed E-state index contributed by atoms with van der Waals surface area (Å²) in [6, 6.07) is 4.41. The fraction of sp³-hybridized carbons (Fsp3) is 0.120. The number of nitrogens with zero attached hydrogens (tertiary/aromatic N) is 2. The molecule has 0 radical (unpaired) electrons. The highest BCUT2D eigenvalue weighted by Crippen LogP contribution is 2.36. The summed E-state index contributed by atoms with van der Waals surface area (Å²) in [6.45, 7) is -0.505. The van der Waals surface area contributed by atoms with E-state index in [1.54, 1.807) is 0 Å².